The van der Waals surface area contributed by atoms with E-state index in [2.05, 4.69) is 16.3 Å². The summed E-state index contributed by atoms with van der Waals surface area (Å²) >= 11 is 0. The van der Waals surface area contributed by atoms with Crippen LogP contribution in [0.5, 0.6) is 5.75 Å². The molecule has 0 bridgehead atoms. The van der Waals surface area contributed by atoms with E-state index in [1.165, 1.54) is 0 Å². The number of ether oxygens (including phenoxy) is 2. The van der Waals surface area contributed by atoms with Gasteiger partial charge in [-0.25, -0.2) is 4.79 Å². The summed E-state index contributed by atoms with van der Waals surface area (Å²) in [5.41, 5.74) is 7.86. The molecule has 0 aromatic heterocycles. The Labute approximate surface area is 170 Å². The maximum absolute atomic E-state index is 12.6. The summed E-state index contributed by atoms with van der Waals surface area (Å²) < 4.78 is 10.7. The van der Waals surface area contributed by atoms with Crippen molar-refractivity contribution in [2.75, 3.05) is 50.2 Å². The predicted molar refractivity (Wildman–Crippen MR) is 111 cm³/mol. The minimum atomic E-state index is -0.557. The van der Waals surface area contributed by atoms with Crippen molar-refractivity contribution >= 4 is 23.3 Å². The molecule has 0 radical (unpaired) electrons. The maximum Gasteiger partial charge on any atom is 0.321 e. The Balaban J connectivity index is 1.63. The number of nitrogens with one attached hydrogen (secondary N) is 1. The van der Waals surface area contributed by atoms with Crippen LogP contribution in [-0.2, 0) is 16.1 Å². The molecule has 0 aliphatic carbocycles. The largest absolute Gasteiger partial charge is 0.484 e. The number of rotatable bonds is 7. The normalized spacial score (nSPS) is 13.6. The molecule has 8 heteroatoms. The van der Waals surface area contributed by atoms with E-state index in [0.717, 1.165) is 24.3 Å². The first kappa shape index (κ1) is 20.5. The summed E-state index contributed by atoms with van der Waals surface area (Å²) in [6.45, 7) is 3.35. The number of hydrogen-bond acceptors (Lipinski definition) is 5. The van der Waals surface area contributed by atoms with Crippen LogP contribution in [0.25, 0.3) is 0 Å². The van der Waals surface area contributed by atoms with Crippen molar-refractivity contribution in [3.8, 4) is 5.75 Å². The number of primary amides is 1. The molecule has 1 fully saturated rings. The van der Waals surface area contributed by atoms with E-state index in [4.69, 9.17) is 15.2 Å². The first-order chi connectivity index (χ1) is 14.0. The second kappa shape index (κ2) is 9.79. The van der Waals surface area contributed by atoms with Crippen molar-refractivity contribution in [1.82, 2.24) is 4.90 Å². The lowest BCUT2D eigenvalue weighted by atomic mass is 10.1. The number of para-hydroxylation sites is 1. The van der Waals surface area contributed by atoms with Gasteiger partial charge in [-0.3, -0.25) is 4.79 Å². The van der Waals surface area contributed by atoms with Gasteiger partial charge >= 0.3 is 6.03 Å². The van der Waals surface area contributed by atoms with Gasteiger partial charge < -0.3 is 30.3 Å². The summed E-state index contributed by atoms with van der Waals surface area (Å²) in [7, 11) is 1.75. The molecule has 0 unspecified atom stereocenters. The van der Waals surface area contributed by atoms with E-state index >= 15 is 0 Å². The van der Waals surface area contributed by atoms with E-state index < -0.39 is 5.91 Å². The summed E-state index contributed by atoms with van der Waals surface area (Å²) in [5, 5.41) is 2.85. The van der Waals surface area contributed by atoms with Gasteiger partial charge in [0.1, 0.15) is 5.75 Å². The number of urea groups is 1. The molecule has 0 saturated carbocycles. The Morgan fingerprint density at radius 1 is 1.17 bits per heavy atom. The van der Waals surface area contributed by atoms with Crippen LogP contribution in [0.15, 0.2) is 48.5 Å². The lowest BCUT2D eigenvalue weighted by Gasteiger charge is -2.31. The smallest absolute Gasteiger partial charge is 0.321 e. The molecule has 0 spiro atoms. The number of hydrogen-bond donors (Lipinski definition) is 2. The number of anilines is 2. The highest BCUT2D eigenvalue weighted by atomic mass is 16.5. The van der Waals surface area contributed by atoms with Gasteiger partial charge in [-0.1, -0.05) is 24.3 Å². The van der Waals surface area contributed by atoms with Crippen LogP contribution >= 0.6 is 0 Å². The van der Waals surface area contributed by atoms with Crippen molar-refractivity contribution in [2.45, 2.75) is 6.54 Å². The standard InChI is InChI=1S/C21H26N4O4/c1-24(14-16-5-2-3-8-19(16)25-9-11-28-12-10-25)21(27)23-17-6-4-7-18(13-17)29-15-20(22)26/h2-8,13H,9-12,14-15H2,1H3,(H2,22,26)(H,23,27). The highest BCUT2D eigenvalue weighted by molar-refractivity contribution is 5.89. The van der Waals surface area contributed by atoms with Crippen molar-refractivity contribution in [2.24, 2.45) is 5.73 Å². The minimum Gasteiger partial charge on any atom is -0.484 e. The third-order valence-electron chi connectivity index (χ3n) is 4.56. The van der Waals surface area contributed by atoms with Crippen molar-refractivity contribution in [3.05, 3.63) is 54.1 Å². The highest BCUT2D eigenvalue weighted by Crippen LogP contribution is 2.23. The number of benzene rings is 2. The molecule has 2 aromatic carbocycles. The molecule has 1 aliphatic rings. The van der Waals surface area contributed by atoms with Crippen LogP contribution in [0.4, 0.5) is 16.2 Å². The number of amides is 3. The van der Waals surface area contributed by atoms with Crippen molar-refractivity contribution in [1.29, 1.82) is 0 Å². The van der Waals surface area contributed by atoms with Crippen LogP contribution in [0.3, 0.4) is 0 Å². The quantitative estimate of drug-likeness (QED) is 0.744. The van der Waals surface area contributed by atoms with E-state index in [0.29, 0.717) is 31.2 Å². The number of nitrogens with zero attached hydrogens (tertiary/aromatic N) is 2. The second-order valence-corrected chi connectivity index (χ2v) is 6.80. The minimum absolute atomic E-state index is 0.213. The van der Waals surface area contributed by atoms with Gasteiger partial charge in [-0.05, 0) is 23.8 Å². The third-order valence-corrected chi connectivity index (χ3v) is 4.56. The fraction of sp³-hybridized carbons (Fsp3) is 0.333. The SMILES string of the molecule is CN(Cc1ccccc1N1CCOCC1)C(=O)Nc1cccc(OCC(N)=O)c1. The predicted octanol–water partition coefficient (Wildman–Crippen LogP) is 2.05. The van der Waals surface area contributed by atoms with Crippen LogP contribution in [-0.4, -0.2) is 56.8 Å². The molecule has 0 atom stereocenters. The van der Waals surface area contributed by atoms with Crippen molar-refractivity contribution < 1.29 is 19.1 Å². The first-order valence-corrected chi connectivity index (χ1v) is 9.47. The Kier molecular flexibility index (Phi) is 6.91. The second-order valence-electron chi connectivity index (χ2n) is 6.80. The number of carbonyl (C=O) groups is 2. The van der Waals surface area contributed by atoms with E-state index in [1.807, 2.05) is 18.2 Å². The molecule has 8 nitrogen and oxygen atoms in total. The molecule has 3 rings (SSSR count). The van der Waals surface area contributed by atoms with Gasteiger partial charge in [-0.15, -0.1) is 0 Å². The molecule has 1 saturated heterocycles. The number of carbonyl (C=O) groups excluding carboxylic acids is 2. The van der Waals surface area contributed by atoms with Crippen molar-refractivity contribution in [3.63, 3.8) is 0 Å². The monoisotopic (exact) mass is 398 g/mol. The molecule has 1 heterocycles. The third kappa shape index (κ3) is 5.86. The highest BCUT2D eigenvalue weighted by Gasteiger charge is 2.17. The summed E-state index contributed by atoms with van der Waals surface area (Å²) in [4.78, 5) is 27.4. The zero-order chi connectivity index (χ0) is 20.6. The fourth-order valence-electron chi connectivity index (χ4n) is 3.12. The Bertz CT molecular complexity index is 852. The summed E-state index contributed by atoms with van der Waals surface area (Å²) in [5.74, 6) is -0.0972. The molecule has 154 valence electrons. The van der Waals surface area contributed by atoms with Crippen LogP contribution in [0, 0.1) is 0 Å². The number of morpholine rings is 1. The Morgan fingerprint density at radius 2 is 1.93 bits per heavy atom. The molecular formula is C21H26N4O4. The van der Waals surface area contributed by atoms with E-state index in [9.17, 15) is 9.59 Å². The zero-order valence-electron chi connectivity index (χ0n) is 16.5. The molecule has 1 aliphatic heterocycles. The van der Waals surface area contributed by atoms with Gasteiger partial charge in [0.25, 0.3) is 5.91 Å². The Morgan fingerprint density at radius 3 is 2.69 bits per heavy atom. The van der Waals surface area contributed by atoms with Gasteiger partial charge in [0, 0.05) is 44.1 Å². The van der Waals surface area contributed by atoms with Crippen LogP contribution < -0.4 is 20.7 Å². The van der Waals surface area contributed by atoms with E-state index in [1.54, 1.807) is 36.2 Å². The molecule has 29 heavy (non-hydrogen) atoms. The average molecular weight is 398 g/mol. The maximum atomic E-state index is 12.6. The van der Waals surface area contributed by atoms with Gasteiger partial charge in [0.2, 0.25) is 0 Å². The topological polar surface area (TPSA) is 97.1 Å². The molecule has 2 aromatic rings. The lowest BCUT2D eigenvalue weighted by molar-refractivity contribution is -0.119. The van der Waals surface area contributed by atoms with Gasteiger partial charge in [0.15, 0.2) is 6.61 Å². The lowest BCUT2D eigenvalue weighted by Crippen LogP contribution is -2.37. The molecular weight excluding hydrogens is 372 g/mol. The summed E-state index contributed by atoms with van der Waals surface area (Å²) in [6, 6.07) is 14.7. The van der Waals surface area contributed by atoms with Gasteiger partial charge in [0.05, 0.1) is 13.2 Å². The zero-order valence-corrected chi connectivity index (χ0v) is 16.5. The van der Waals surface area contributed by atoms with Crippen LogP contribution in [0.1, 0.15) is 5.56 Å². The molecule has 3 amide bonds. The fourth-order valence-corrected chi connectivity index (χ4v) is 3.12. The number of nitrogens with two attached hydrogens (primary N) is 1. The van der Waals surface area contributed by atoms with E-state index in [-0.39, 0.29) is 12.6 Å². The average Bonchev–Trinajstić information content (AvgIpc) is 2.73. The van der Waals surface area contributed by atoms with Gasteiger partial charge in [-0.2, -0.15) is 0 Å². The molecule has 3 N–H and O–H groups in total. The van der Waals surface area contributed by atoms with Crippen LogP contribution in [0.2, 0.25) is 0 Å². The summed E-state index contributed by atoms with van der Waals surface area (Å²) in [6.07, 6.45) is 0. The first-order valence-electron chi connectivity index (χ1n) is 9.47. The Hall–Kier alpha value is -3.26.